The molecule has 8 heteroatoms. The molecule has 1 heterocycles. The maximum Gasteiger partial charge on any atom is 0.416 e. The van der Waals surface area contributed by atoms with Crippen molar-refractivity contribution in [2.45, 2.75) is 6.18 Å². The molecule has 3 nitrogen and oxygen atoms in total. The van der Waals surface area contributed by atoms with Gasteiger partial charge in [-0.05, 0) is 36.4 Å². The second-order valence-corrected chi connectivity index (χ2v) is 6.19. The molecular formula is C21H13F5N2O. The van der Waals surface area contributed by atoms with Gasteiger partial charge in [-0.25, -0.2) is 8.78 Å². The molecule has 0 radical (unpaired) electrons. The van der Waals surface area contributed by atoms with Crippen LogP contribution in [-0.2, 0) is 18.0 Å². The fourth-order valence-electron chi connectivity index (χ4n) is 2.74. The highest BCUT2D eigenvalue weighted by Gasteiger charge is 2.29. The van der Waals surface area contributed by atoms with Gasteiger partial charge < -0.3 is 9.88 Å². The highest BCUT2D eigenvalue weighted by atomic mass is 19.4. The molecule has 2 aromatic carbocycles. The molecule has 0 aliphatic heterocycles. The third-order valence-corrected chi connectivity index (χ3v) is 4.09. The number of amides is 1. The van der Waals surface area contributed by atoms with Crippen LogP contribution in [0.2, 0.25) is 0 Å². The summed E-state index contributed by atoms with van der Waals surface area (Å²) in [6, 6.07) is 6.78. The fourth-order valence-corrected chi connectivity index (χ4v) is 2.74. The molecule has 148 valence electrons. The number of carbonyl (C=O) groups is 1. The fraction of sp³-hybridized carbons (Fsp3) is 0.0952. The summed E-state index contributed by atoms with van der Waals surface area (Å²) in [7, 11) is 1.59. The molecule has 0 unspecified atom stereocenters. The lowest BCUT2D eigenvalue weighted by Gasteiger charge is -2.05. The number of hydrogen-bond acceptors (Lipinski definition) is 1. The van der Waals surface area contributed by atoms with Crippen molar-refractivity contribution in [2.75, 3.05) is 5.32 Å². The van der Waals surface area contributed by atoms with Gasteiger partial charge in [-0.1, -0.05) is 18.4 Å². The van der Waals surface area contributed by atoms with Crippen molar-refractivity contribution in [1.82, 2.24) is 4.57 Å². The van der Waals surface area contributed by atoms with E-state index in [2.05, 4.69) is 23.7 Å². The average molecular weight is 404 g/mol. The van der Waals surface area contributed by atoms with Crippen molar-refractivity contribution in [3.63, 3.8) is 0 Å². The number of aromatic nitrogens is 1. The van der Waals surface area contributed by atoms with E-state index in [4.69, 9.17) is 0 Å². The van der Waals surface area contributed by atoms with Crippen LogP contribution in [-0.4, -0.2) is 10.5 Å². The van der Waals surface area contributed by atoms with Gasteiger partial charge in [0.05, 0.1) is 16.6 Å². The summed E-state index contributed by atoms with van der Waals surface area (Å²) in [5.41, 5.74) is 0.164. The number of aryl methyl sites for hydroxylation is 1. The Morgan fingerprint density at radius 2 is 1.79 bits per heavy atom. The van der Waals surface area contributed by atoms with Gasteiger partial charge >= 0.3 is 6.18 Å². The monoisotopic (exact) mass is 404 g/mol. The summed E-state index contributed by atoms with van der Waals surface area (Å²) in [4.78, 5) is 11.4. The van der Waals surface area contributed by atoms with Gasteiger partial charge in [0.25, 0.3) is 5.91 Å². The highest BCUT2D eigenvalue weighted by molar-refractivity contribution is 6.03. The summed E-state index contributed by atoms with van der Waals surface area (Å²) >= 11 is 0. The van der Waals surface area contributed by atoms with Crippen LogP contribution >= 0.6 is 0 Å². The Hall–Kier alpha value is -3.60. The van der Waals surface area contributed by atoms with E-state index in [1.807, 2.05) is 0 Å². The minimum Gasteiger partial charge on any atom is -0.347 e. The molecule has 1 aromatic heterocycles. The first-order valence-electron chi connectivity index (χ1n) is 8.20. The molecule has 0 atom stereocenters. The van der Waals surface area contributed by atoms with Crippen molar-refractivity contribution in [1.29, 1.82) is 0 Å². The summed E-state index contributed by atoms with van der Waals surface area (Å²) in [5, 5.41) is 2.54. The van der Waals surface area contributed by atoms with Gasteiger partial charge in [0, 0.05) is 29.9 Å². The van der Waals surface area contributed by atoms with Gasteiger partial charge in [-0.2, -0.15) is 13.2 Å². The summed E-state index contributed by atoms with van der Waals surface area (Å²) < 4.78 is 66.7. The number of anilines is 1. The summed E-state index contributed by atoms with van der Waals surface area (Å²) in [5.74, 6) is 2.54. The maximum atomic E-state index is 14.4. The number of rotatable bonds is 2. The number of nitrogens with zero attached hydrogens (tertiary/aromatic N) is 1. The first-order chi connectivity index (χ1) is 13.6. The van der Waals surface area contributed by atoms with E-state index in [0.717, 1.165) is 18.2 Å². The quantitative estimate of drug-likeness (QED) is 0.358. The number of fused-ring (bicyclic) bond motifs is 1. The Morgan fingerprint density at radius 3 is 2.38 bits per heavy atom. The Labute approximate surface area is 162 Å². The minimum absolute atomic E-state index is 0.0163. The van der Waals surface area contributed by atoms with E-state index in [1.54, 1.807) is 13.2 Å². The number of hydrogen-bond donors (Lipinski definition) is 1. The molecular weight excluding hydrogens is 391 g/mol. The number of alkyl halides is 3. The van der Waals surface area contributed by atoms with Crippen LogP contribution in [0.1, 0.15) is 16.7 Å². The van der Waals surface area contributed by atoms with Gasteiger partial charge in [0.1, 0.15) is 5.82 Å². The largest absolute Gasteiger partial charge is 0.416 e. The van der Waals surface area contributed by atoms with Crippen molar-refractivity contribution in [3.05, 3.63) is 77.5 Å². The SMILES string of the molecule is C=C(F)C(=O)Nc1cc(F)c2c(c1)c(C#Cc1ccc(C(F)(F)F)cc1)cn2C. The molecule has 1 N–H and O–H groups in total. The second kappa shape index (κ2) is 7.43. The van der Waals surface area contributed by atoms with Gasteiger partial charge in [-0.15, -0.1) is 0 Å². The molecule has 0 spiro atoms. The summed E-state index contributed by atoms with van der Waals surface area (Å²) in [6.07, 6.45) is -2.89. The van der Waals surface area contributed by atoms with Crippen LogP contribution in [0.15, 0.2) is 55.0 Å². The number of benzene rings is 2. The first kappa shape index (κ1) is 20.1. The molecule has 3 rings (SSSR count). The van der Waals surface area contributed by atoms with Crippen molar-refractivity contribution >= 4 is 22.5 Å². The Morgan fingerprint density at radius 1 is 1.14 bits per heavy atom. The molecule has 29 heavy (non-hydrogen) atoms. The lowest BCUT2D eigenvalue weighted by atomic mass is 10.1. The van der Waals surface area contributed by atoms with Crippen LogP contribution in [0.4, 0.5) is 27.6 Å². The van der Waals surface area contributed by atoms with Crippen molar-refractivity contribution in [2.24, 2.45) is 7.05 Å². The molecule has 1 amide bonds. The van der Waals surface area contributed by atoms with Crippen molar-refractivity contribution < 1.29 is 26.7 Å². The molecule has 0 aliphatic rings. The number of halogens is 5. The topological polar surface area (TPSA) is 34.0 Å². The molecule has 0 aliphatic carbocycles. The predicted molar refractivity (Wildman–Crippen MR) is 99.2 cm³/mol. The van der Waals surface area contributed by atoms with Gasteiger partial charge in [-0.3, -0.25) is 4.79 Å². The zero-order valence-corrected chi connectivity index (χ0v) is 15.0. The summed E-state index contributed by atoms with van der Waals surface area (Å²) in [6.45, 7) is 2.87. The zero-order chi connectivity index (χ0) is 21.3. The number of nitrogens with one attached hydrogen (secondary N) is 1. The lowest BCUT2D eigenvalue weighted by molar-refractivity contribution is -0.137. The third kappa shape index (κ3) is 4.29. The third-order valence-electron chi connectivity index (χ3n) is 4.09. The van der Waals surface area contributed by atoms with E-state index in [0.29, 0.717) is 16.5 Å². The highest BCUT2D eigenvalue weighted by Crippen LogP contribution is 2.29. The maximum absolute atomic E-state index is 14.4. The van der Waals surface area contributed by atoms with Crippen LogP contribution in [0.3, 0.4) is 0 Å². The van der Waals surface area contributed by atoms with Crippen LogP contribution in [0, 0.1) is 17.7 Å². The molecule has 3 aromatic rings. The van der Waals surface area contributed by atoms with E-state index in [1.165, 1.54) is 22.8 Å². The Balaban J connectivity index is 2.00. The molecule has 0 fully saturated rings. The van der Waals surface area contributed by atoms with Gasteiger partial charge in [0.2, 0.25) is 0 Å². The normalized spacial score (nSPS) is 11.1. The van der Waals surface area contributed by atoms with Gasteiger partial charge in [0.15, 0.2) is 5.83 Å². The number of carbonyl (C=O) groups excluding carboxylic acids is 1. The first-order valence-corrected chi connectivity index (χ1v) is 8.20. The molecule has 0 bridgehead atoms. The van der Waals surface area contributed by atoms with Crippen LogP contribution in [0.25, 0.3) is 10.9 Å². The average Bonchev–Trinajstić information content (AvgIpc) is 2.95. The Bertz CT molecular complexity index is 1180. The standard InChI is InChI=1S/C21H13F5N2O/c1-12(22)20(29)27-16-9-17-14(11-28(2)19(17)18(23)10-16)6-3-13-4-7-15(8-5-13)21(24,25)26/h4-5,7-11H,1H2,2H3,(H,27,29). The van der Waals surface area contributed by atoms with Crippen molar-refractivity contribution in [3.8, 4) is 11.8 Å². The zero-order valence-electron chi connectivity index (χ0n) is 15.0. The predicted octanol–water partition coefficient (Wildman–Crippen LogP) is 5.16. The lowest BCUT2D eigenvalue weighted by Crippen LogP contribution is -2.11. The van der Waals surface area contributed by atoms with Crippen LogP contribution < -0.4 is 5.32 Å². The minimum atomic E-state index is -4.44. The van der Waals surface area contributed by atoms with E-state index >= 15 is 0 Å². The van der Waals surface area contributed by atoms with Crippen LogP contribution in [0.5, 0.6) is 0 Å². The Kier molecular flexibility index (Phi) is 5.16. The second-order valence-electron chi connectivity index (χ2n) is 6.19. The van der Waals surface area contributed by atoms with E-state index in [-0.39, 0.29) is 11.2 Å². The molecule has 0 saturated heterocycles. The molecule has 0 saturated carbocycles. The smallest absolute Gasteiger partial charge is 0.347 e. The van der Waals surface area contributed by atoms with E-state index < -0.39 is 29.3 Å². The van der Waals surface area contributed by atoms with E-state index in [9.17, 15) is 26.7 Å².